The van der Waals surface area contributed by atoms with Crippen molar-refractivity contribution in [3.63, 3.8) is 0 Å². The SMILES string of the molecule is C[C@H](c1cccc([N+](=O)[O-])c1)N(C)C(=O)CNC(=O)/C=C/c1ccccc1. The van der Waals surface area contributed by atoms with Crippen LogP contribution in [0.1, 0.15) is 24.1 Å². The fourth-order valence-corrected chi connectivity index (χ4v) is 2.42. The Bertz CT molecular complexity index is 849. The molecule has 140 valence electrons. The van der Waals surface area contributed by atoms with Gasteiger partial charge in [-0.15, -0.1) is 0 Å². The van der Waals surface area contributed by atoms with Crippen LogP contribution in [0.25, 0.3) is 6.08 Å². The van der Waals surface area contributed by atoms with Gasteiger partial charge in [0.05, 0.1) is 17.5 Å². The largest absolute Gasteiger partial charge is 0.343 e. The summed E-state index contributed by atoms with van der Waals surface area (Å²) in [7, 11) is 1.60. The molecule has 0 aromatic heterocycles. The predicted octanol–water partition coefficient (Wildman–Crippen LogP) is 2.94. The molecule has 2 rings (SSSR count). The van der Waals surface area contributed by atoms with Gasteiger partial charge >= 0.3 is 0 Å². The van der Waals surface area contributed by atoms with E-state index in [-0.39, 0.29) is 30.1 Å². The molecule has 2 aromatic carbocycles. The Morgan fingerprint density at radius 3 is 2.56 bits per heavy atom. The summed E-state index contributed by atoms with van der Waals surface area (Å²) in [6, 6.07) is 15.1. The number of rotatable bonds is 7. The van der Waals surface area contributed by atoms with E-state index in [0.29, 0.717) is 5.56 Å². The van der Waals surface area contributed by atoms with Gasteiger partial charge in [-0.25, -0.2) is 0 Å². The normalized spacial score (nSPS) is 11.8. The molecule has 0 fully saturated rings. The molecule has 2 amide bonds. The Kier molecular flexibility index (Phi) is 6.82. The zero-order chi connectivity index (χ0) is 19.8. The maximum atomic E-state index is 12.3. The second-order valence-corrected chi connectivity index (χ2v) is 5.99. The van der Waals surface area contributed by atoms with Crippen molar-refractivity contribution in [2.45, 2.75) is 13.0 Å². The molecule has 0 heterocycles. The van der Waals surface area contributed by atoms with Crippen LogP contribution in [0.2, 0.25) is 0 Å². The standard InChI is InChI=1S/C20H21N3O4/c1-15(17-9-6-10-18(13-17)23(26)27)22(2)20(25)14-21-19(24)12-11-16-7-4-3-5-8-16/h3-13,15H,14H2,1-2H3,(H,21,24)/b12-11+/t15-/m1/s1. The Hall–Kier alpha value is -3.48. The van der Waals surface area contributed by atoms with Crippen LogP contribution in [0.5, 0.6) is 0 Å². The zero-order valence-corrected chi connectivity index (χ0v) is 15.2. The molecule has 0 bridgehead atoms. The van der Waals surface area contributed by atoms with E-state index < -0.39 is 4.92 Å². The topological polar surface area (TPSA) is 92.6 Å². The van der Waals surface area contributed by atoms with Gasteiger partial charge in [-0.3, -0.25) is 19.7 Å². The minimum absolute atomic E-state index is 0.0282. The molecule has 0 saturated carbocycles. The maximum Gasteiger partial charge on any atom is 0.269 e. The zero-order valence-electron chi connectivity index (χ0n) is 15.2. The van der Waals surface area contributed by atoms with Crippen LogP contribution in [0.15, 0.2) is 60.7 Å². The summed E-state index contributed by atoms with van der Waals surface area (Å²) in [5.41, 5.74) is 1.50. The van der Waals surface area contributed by atoms with Crippen LogP contribution >= 0.6 is 0 Å². The lowest BCUT2D eigenvalue weighted by atomic mass is 10.1. The smallest absolute Gasteiger partial charge is 0.269 e. The molecule has 27 heavy (non-hydrogen) atoms. The molecule has 0 spiro atoms. The maximum absolute atomic E-state index is 12.3. The summed E-state index contributed by atoms with van der Waals surface area (Å²) in [5, 5.41) is 13.4. The number of carbonyl (C=O) groups excluding carboxylic acids is 2. The van der Waals surface area contributed by atoms with Crippen molar-refractivity contribution in [2.75, 3.05) is 13.6 Å². The number of non-ortho nitro benzene ring substituents is 1. The number of benzene rings is 2. The molecule has 0 aliphatic heterocycles. The lowest BCUT2D eigenvalue weighted by molar-refractivity contribution is -0.384. The minimum atomic E-state index is -0.475. The van der Waals surface area contributed by atoms with Gasteiger partial charge in [0.15, 0.2) is 0 Å². The van der Waals surface area contributed by atoms with E-state index in [1.807, 2.05) is 30.3 Å². The van der Waals surface area contributed by atoms with Crippen LogP contribution in [-0.4, -0.2) is 35.2 Å². The van der Waals surface area contributed by atoms with Crippen molar-refractivity contribution in [3.05, 3.63) is 81.9 Å². The lowest BCUT2D eigenvalue weighted by Gasteiger charge is -2.25. The number of nitrogens with zero attached hydrogens (tertiary/aromatic N) is 2. The Labute approximate surface area is 157 Å². The summed E-state index contributed by atoms with van der Waals surface area (Å²) in [4.78, 5) is 36.0. The Morgan fingerprint density at radius 1 is 1.19 bits per heavy atom. The summed E-state index contributed by atoms with van der Waals surface area (Å²) >= 11 is 0. The second-order valence-electron chi connectivity index (χ2n) is 5.99. The van der Waals surface area contributed by atoms with Crippen LogP contribution in [0.3, 0.4) is 0 Å². The minimum Gasteiger partial charge on any atom is -0.343 e. The van der Waals surface area contributed by atoms with Crippen molar-refractivity contribution in [2.24, 2.45) is 0 Å². The van der Waals surface area contributed by atoms with Gasteiger partial charge < -0.3 is 10.2 Å². The second kappa shape index (κ2) is 9.28. The Balaban J connectivity index is 1.91. The number of likely N-dealkylation sites (N-methyl/N-ethyl adjacent to an activating group) is 1. The number of carbonyl (C=O) groups is 2. The van der Waals surface area contributed by atoms with E-state index in [1.165, 1.54) is 23.1 Å². The number of amides is 2. The van der Waals surface area contributed by atoms with Gasteiger partial charge in [-0.1, -0.05) is 42.5 Å². The van der Waals surface area contributed by atoms with Gasteiger partial charge in [0, 0.05) is 25.3 Å². The lowest BCUT2D eigenvalue weighted by Crippen LogP contribution is -2.38. The number of nitrogens with one attached hydrogen (secondary N) is 1. The third-order valence-corrected chi connectivity index (χ3v) is 4.18. The molecular weight excluding hydrogens is 346 g/mol. The first-order valence-corrected chi connectivity index (χ1v) is 8.39. The van der Waals surface area contributed by atoms with Gasteiger partial charge in [-0.05, 0) is 24.1 Å². The van der Waals surface area contributed by atoms with E-state index in [4.69, 9.17) is 0 Å². The molecule has 0 saturated heterocycles. The number of hydrogen-bond acceptors (Lipinski definition) is 4. The highest BCUT2D eigenvalue weighted by molar-refractivity contribution is 5.94. The van der Waals surface area contributed by atoms with Gasteiger partial charge in [-0.2, -0.15) is 0 Å². The Morgan fingerprint density at radius 2 is 1.89 bits per heavy atom. The highest BCUT2D eigenvalue weighted by atomic mass is 16.6. The number of nitro groups is 1. The molecular formula is C20H21N3O4. The molecule has 0 unspecified atom stereocenters. The highest BCUT2D eigenvalue weighted by Crippen LogP contribution is 2.22. The van der Waals surface area contributed by atoms with Crippen molar-refractivity contribution < 1.29 is 14.5 Å². The van der Waals surface area contributed by atoms with Crippen molar-refractivity contribution >= 4 is 23.6 Å². The van der Waals surface area contributed by atoms with Crippen molar-refractivity contribution in [1.29, 1.82) is 0 Å². The number of nitro benzene ring substituents is 1. The van der Waals surface area contributed by atoms with E-state index in [0.717, 1.165) is 5.56 Å². The van der Waals surface area contributed by atoms with Gasteiger partial charge in [0.2, 0.25) is 11.8 Å². The average molecular weight is 367 g/mol. The third kappa shape index (κ3) is 5.78. The van der Waals surface area contributed by atoms with Crippen LogP contribution < -0.4 is 5.32 Å². The van der Waals surface area contributed by atoms with Crippen LogP contribution in [0.4, 0.5) is 5.69 Å². The molecule has 7 nitrogen and oxygen atoms in total. The van der Waals surface area contributed by atoms with E-state index in [1.54, 1.807) is 32.2 Å². The van der Waals surface area contributed by atoms with Gasteiger partial charge in [0.25, 0.3) is 5.69 Å². The molecule has 0 aliphatic rings. The molecule has 0 aliphatic carbocycles. The molecule has 7 heteroatoms. The van der Waals surface area contributed by atoms with Crippen LogP contribution in [-0.2, 0) is 9.59 Å². The van der Waals surface area contributed by atoms with Crippen molar-refractivity contribution in [1.82, 2.24) is 10.2 Å². The van der Waals surface area contributed by atoms with Gasteiger partial charge in [0.1, 0.15) is 0 Å². The monoisotopic (exact) mass is 367 g/mol. The fraction of sp³-hybridized carbons (Fsp3) is 0.200. The molecule has 1 atom stereocenters. The van der Waals surface area contributed by atoms with E-state index in [2.05, 4.69) is 5.32 Å². The highest BCUT2D eigenvalue weighted by Gasteiger charge is 2.19. The summed E-state index contributed by atoms with van der Waals surface area (Å²) in [5.74, 6) is -0.668. The first-order chi connectivity index (χ1) is 12.9. The first kappa shape index (κ1) is 19.8. The summed E-state index contributed by atoms with van der Waals surface area (Å²) in [6.07, 6.45) is 3.03. The molecule has 0 radical (unpaired) electrons. The van der Waals surface area contributed by atoms with Crippen molar-refractivity contribution in [3.8, 4) is 0 Å². The van der Waals surface area contributed by atoms with E-state index in [9.17, 15) is 19.7 Å². The first-order valence-electron chi connectivity index (χ1n) is 8.39. The molecule has 1 N–H and O–H groups in total. The summed E-state index contributed by atoms with van der Waals surface area (Å²) in [6.45, 7) is 1.61. The number of hydrogen-bond donors (Lipinski definition) is 1. The third-order valence-electron chi connectivity index (χ3n) is 4.18. The predicted molar refractivity (Wildman–Crippen MR) is 103 cm³/mol. The van der Waals surface area contributed by atoms with E-state index >= 15 is 0 Å². The molecule has 2 aromatic rings. The van der Waals surface area contributed by atoms with Crippen LogP contribution in [0, 0.1) is 10.1 Å². The summed E-state index contributed by atoms with van der Waals surface area (Å²) < 4.78 is 0. The fourth-order valence-electron chi connectivity index (χ4n) is 2.42. The quantitative estimate of drug-likeness (QED) is 0.463. The average Bonchev–Trinajstić information content (AvgIpc) is 2.70.